The number of hydrogen-bond acceptors (Lipinski definition) is 4. The van der Waals surface area contributed by atoms with Gasteiger partial charge in [-0.25, -0.2) is 4.39 Å². The molecular formula is C20H25FN2O2. The Bertz CT molecular complexity index is 652. The molecule has 1 aliphatic heterocycles. The fraction of sp³-hybridized carbons (Fsp3) is 0.400. The van der Waals surface area contributed by atoms with Gasteiger partial charge in [0.2, 0.25) is 0 Å². The molecule has 0 radical (unpaired) electrons. The van der Waals surface area contributed by atoms with Gasteiger partial charge in [-0.3, -0.25) is 4.90 Å². The summed E-state index contributed by atoms with van der Waals surface area (Å²) in [6, 6.07) is 14.5. The zero-order valence-corrected chi connectivity index (χ0v) is 14.6. The van der Waals surface area contributed by atoms with E-state index in [0.29, 0.717) is 13.2 Å². The molecule has 1 N–H and O–H groups in total. The van der Waals surface area contributed by atoms with Crippen LogP contribution in [0.2, 0.25) is 0 Å². The third kappa shape index (κ3) is 5.18. The largest absolute Gasteiger partial charge is 0.491 e. The number of benzene rings is 2. The smallest absolute Gasteiger partial charge is 0.123 e. The van der Waals surface area contributed by atoms with E-state index in [1.807, 2.05) is 43.3 Å². The van der Waals surface area contributed by atoms with Gasteiger partial charge in [0.05, 0.1) is 0 Å². The van der Waals surface area contributed by atoms with Crippen molar-refractivity contribution < 1.29 is 14.2 Å². The number of aryl methyl sites for hydroxylation is 1. The topological polar surface area (TPSA) is 35.9 Å². The molecule has 1 saturated heterocycles. The van der Waals surface area contributed by atoms with E-state index in [1.165, 1.54) is 17.7 Å². The van der Waals surface area contributed by atoms with E-state index >= 15 is 0 Å². The number of nitrogens with zero attached hydrogens (tertiary/aromatic N) is 2. The second kappa shape index (κ2) is 8.32. The molecule has 5 heteroatoms. The molecule has 2 aromatic rings. The molecule has 25 heavy (non-hydrogen) atoms. The fourth-order valence-corrected chi connectivity index (χ4v) is 3.02. The quantitative estimate of drug-likeness (QED) is 0.874. The zero-order chi connectivity index (χ0) is 17.6. The van der Waals surface area contributed by atoms with Crippen molar-refractivity contribution in [3.63, 3.8) is 0 Å². The van der Waals surface area contributed by atoms with Crippen LogP contribution in [0.4, 0.5) is 10.1 Å². The molecule has 0 aromatic heterocycles. The summed E-state index contributed by atoms with van der Waals surface area (Å²) in [6.45, 7) is 6.42. The third-order valence-corrected chi connectivity index (χ3v) is 4.50. The Balaban J connectivity index is 1.40. The Labute approximate surface area is 148 Å². The molecule has 134 valence electrons. The molecule has 1 atom stereocenters. The van der Waals surface area contributed by atoms with Crippen molar-refractivity contribution in [2.45, 2.75) is 13.0 Å². The molecule has 1 fully saturated rings. The minimum atomic E-state index is -0.515. The van der Waals surface area contributed by atoms with Gasteiger partial charge >= 0.3 is 0 Å². The van der Waals surface area contributed by atoms with Crippen molar-refractivity contribution in [2.24, 2.45) is 0 Å². The summed E-state index contributed by atoms with van der Waals surface area (Å²) < 4.78 is 18.7. The van der Waals surface area contributed by atoms with Crippen molar-refractivity contribution in [1.82, 2.24) is 4.90 Å². The summed E-state index contributed by atoms with van der Waals surface area (Å²) in [7, 11) is 0. The zero-order valence-electron chi connectivity index (χ0n) is 14.6. The number of piperazine rings is 1. The van der Waals surface area contributed by atoms with E-state index in [1.54, 1.807) is 0 Å². The summed E-state index contributed by atoms with van der Waals surface area (Å²) in [6.07, 6.45) is -0.515. The second-order valence-corrected chi connectivity index (χ2v) is 6.54. The van der Waals surface area contributed by atoms with Crippen LogP contribution in [0.15, 0.2) is 48.5 Å². The first-order valence-corrected chi connectivity index (χ1v) is 8.70. The first-order chi connectivity index (χ1) is 12.1. The highest BCUT2D eigenvalue weighted by atomic mass is 19.1. The predicted octanol–water partition coefficient (Wildman–Crippen LogP) is 2.70. The summed E-state index contributed by atoms with van der Waals surface area (Å²) in [5.74, 6) is 0.574. The lowest BCUT2D eigenvalue weighted by molar-refractivity contribution is 0.0663. The van der Waals surface area contributed by atoms with Crippen molar-refractivity contribution in [3.05, 3.63) is 59.9 Å². The van der Waals surface area contributed by atoms with Crippen molar-refractivity contribution in [1.29, 1.82) is 0 Å². The van der Waals surface area contributed by atoms with E-state index in [0.717, 1.165) is 37.6 Å². The van der Waals surface area contributed by atoms with Gasteiger partial charge in [-0.05, 0) is 43.3 Å². The van der Waals surface area contributed by atoms with Crippen LogP contribution in [0.5, 0.6) is 5.75 Å². The number of aliphatic hydroxyl groups excluding tert-OH is 1. The number of halogens is 1. The lowest BCUT2D eigenvalue weighted by atomic mass is 10.2. The monoisotopic (exact) mass is 344 g/mol. The first kappa shape index (κ1) is 17.7. The molecular weight excluding hydrogens is 319 g/mol. The molecule has 1 aliphatic rings. The average molecular weight is 344 g/mol. The minimum Gasteiger partial charge on any atom is -0.491 e. The number of aliphatic hydroxyl groups is 1. The maximum Gasteiger partial charge on any atom is 0.123 e. The van der Waals surface area contributed by atoms with E-state index in [9.17, 15) is 9.50 Å². The number of rotatable bonds is 6. The van der Waals surface area contributed by atoms with Crippen molar-refractivity contribution >= 4 is 5.69 Å². The average Bonchev–Trinajstić information content (AvgIpc) is 2.63. The number of ether oxygens (including phenoxy) is 1. The number of hydrogen-bond donors (Lipinski definition) is 1. The van der Waals surface area contributed by atoms with Gasteiger partial charge in [-0.1, -0.05) is 17.7 Å². The van der Waals surface area contributed by atoms with E-state index in [-0.39, 0.29) is 5.82 Å². The van der Waals surface area contributed by atoms with Crippen LogP contribution in [-0.4, -0.2) is 55.4 Å². The normalized spacial score (nSPS) is 16.7. The lowest BCUT2D eigenvalue weighted by Crippen LogP contribution is -2.49. The third-order valence-electron chi connectivity index (χ3n) is 4.50. The van der Waals surface area contributed by atoms with Crippen LogP contribution >= 0.6 is 0 Å². The Morgan fingerprint density at radius 2 is 1.64 bits per heavy atom. The molecule has 0 bridgehead atoms. The standard InChI is InChI=1S/C20H25FN2O2/c1-16-2-8-20(9-3-16)25-15-19(24)14-22-10-12-23(13-11-22)18-6-4-17(21)5-7-18/h2-9,19,24H,10-15H2,1H3/t19-/m0/s1. The molecule has 3 rings (SSSR count). The van der Waals surface area contributed by atoms with Gasteiger partial charge in [0.25, 0.3) is 0 Å². The van der Waals surface area contributed by atoms with Gasteiger partial charge < -0.3 is 14.7 Å². The van der Waals surface area contributed by atoms with Crippen molar-refractivity contribution in [2.75, 3.05) is 44.2 Å². The maximum atomic E-state index is 13.0. The van der Waals surface area contributed by atoms with E-state index < -0.39 is 6.10 Å². The SMILES string of the molecule is Cc1ccc(OC[C@@H](O)CN2CCN(c3ccc(F)cc3)CC2)cc1. The molecule has 0 aliphatic carbocycles. The molecule has 0 spiro atoms. The van der Waals surface area contributed by atoms with Crippen LogP contribution < -0.4 is 9.64 Å². The highest BCUT2D eigenvalue weighted by Gasteiger charge is 2.19. The highest BCUT2D eigenvalue weighted by Crippen LogP contribution is 2.17. The van der Waals surface area contributed by atoms with Crippen LogP contribution in [0.25, 0.3) is 0 Å². The Hall–Kier alpha value is -2.11. The molecule has 0 unspecified atom stereocenters. The second-order valence-electron chi connectivity index (χ2n) is 6.54. The first-order valence-electron chi connectivity index (χ1n) is 8.70. The maximum absolute atomic E-state index is 13.0. The number of β-amino-alcohol motifs (C(OH)–C–C–N with tert-alkyl or cyclic N) is 1. The van der Waals surface area contributed by atoms with Crippen LogP contribution in [0.3, 0.4) is 0 Å². The summed E-state index contributed by atoms with van der Waals surface area (Å²) >= 11 is 0. The minimum absolute atomic E-state index is 0.209. The molecule has 1 heterocycles. The Morgan fingerprint density at radius 1 is 1.00 bits per heavy atom. The molecule has 4 nitrogen and oxygen atoms in total. The van der Waals surface area contributed by atoms with E-state index in [2.05, 4.69) is 9.80 Å². The summed E-state index contributed by atoms with van der Waals surface area (Å²) in [5, 5.41) is 10.2. The highest BCUT2D eigenvalue weighted by molar-refractivity contribution is 5.46. The van der Waals surface area contributed by atoms with Crippen LogP contribution in [-0.2, 0) is 0 Å². The van der Waals surface area contributed by atoms with Gasteiger partial charge in [0.1, 0.15) is 24.3 Å². The summed E-state index contributed by atoms with van der Waals surface area (Å²) in [4.78, 5) is 4.48. The van der Waals surface area contributed by atoms with Crippen LogP contribution in [0, 0.1) is 12.7 Å². The predicted molar refractivity (Wildman–Crippen MR) is 97.7 cm³/mol. The fourth-order valence-electron chi connectivity index (χ4n) is 3.02. The number of anilines is 1. The van der Waals surface area contributed by atoms with Gasteiger partial charge in [0, 0.05) is 38.4 Å². The van der Waals surface area contributed by atoms with Gasteiger partial charge in [0.15, 0.2) is 0 Å². The van der Waals surface area contributed by atoms with Crippen LogP contribution in [0.1, 0.15) is 5.56 Å². The lowest BCUT2D eigenvalue weighted by Gasteiger charge is -2.36. The Kier molecular flexibility index (Phi) is 5.89. The summed E-state index contributed by atoms with van der Waals surface area (Å²) in [5.41, 5.74) is 2.23. The Morgan fingerprint density at radius 3 is 2.28 bits per heavy atom. The van der Waals surface area contributed by atoms with Gasteiger partial charge in [-0.15, -0.1) is 0 Å². The molecule has 0 amide bonds. The van der Waals surface area contributed by atoms with Crippen molar-refractivity contribution in [3.8, 4) is 5.75 Å². The molecule has 0 saturated carbocycles. The van der Waals surface area contributed by atoms with Gasteiger partial charge in [-0.2, -0.15) is 0 Å². The van der Waals surface area contributed by atoms with E-state index in [4.69, 9.17) is 4.74 Å². The molecule has 2 aromatic carbocycles.